The number of nitrogens with zero attached hydrogens (tertiary/aromatic N) is 1. The lowest BCUT2D eigenvalue weighted by Gasteiger charge is -2.31. The number of benzene rings is 1. The Morgan fingerprint density at radius 2 is 2.11 bits per heavy atom. The number of hydrogen-bond acceptors (Lipinski definition) is 2. The standard InChI is InChI=1S/C15H23N3/c1-10(2)18(9-12-5-6-12)14-7-4-11(3)8-13(14)15(16)17/h4,7-8,10,12H,5-6,9H2,1-3H3,(H3,16,17). The zero-order valence-corrected chi connectivity index (χ0v) is 11.5. The van der Waals surface area contributed by atoms with Crippen molar-refractivity contribution in [1.82, 2.24) is 0 Å². The number of anilines is 1. The molecular weight excluding hydrogens is 222 g/mol. The maximum Gasteiger partial charge on any atom is 0.124 e. The number of aryl methyl sites for hydroxylation is 1. The normalized spacial score (nSPS) is 14.9. The van der Waals surface area contributed by atoms with E-state index in [0.29, 0.717) is 6.04 Å². The zero-order valence-electron chi connectivity index (χ0n) is 11.5. The Morgan fingerprint density at radius 3 is 2.61 bits per heavy atom. The summed E-state index contributed by atoms with van der Waals surface area (Å²) in [7, 11) is 0. The molecule has 1 aliphatic rings. The Kier molecular flexibility index (Phi) is 3.60. The van der Waals surface area contributed by atoms with Crippen molar-refractivity contribution in [3.05, 3.63) is 29.3 Å². The van der Waals surface area contributed by atoms with Crippen LogP contribution in [0.2, 0.25) is 0 Å². The molecule has 1 aliphatic carbocycles. The number of nitrogens with one attached hydrogen (secondary N) is 1. The molecule has 1 aromatic rings. The van der Waals surface area contributed by atoms with E-state index in [2.05, 4.69) is 30.9 Å². The molecule has 0 heterocycles. The van der Waals surface area contributed by atoms with Gasteiger partial charge < -0.3 is 10.6 Å². The third kappa shape index (κ3) is 2.84. The Hall–Kier alpha value is -1.51. The number of nitrogens with two attached hydrogens (primary N) is 1. The van der Waals surface area contributed by atoms with E-state index in [4.69, 9.17) is 11.1 Å². The van der Waals surface area contributed by atoms with Crippen molar-refractivity contribution in [1.29, 1.82) is 5.41 Å². The third-order valence-electron chi connectivity index (χ3n) is 3.53. The molecule has 0 aliphatic heterocycles. The number of hydrogen-bond donors (Lipinski definition) is 2. The Bertz CT molecular complexity index is 447. The van der Waals surface area contributed by atoms with Crippen molar-refractivity contribution in [2.45, 2.75) is 39.7 Å². The van der Waals surface area contributed by atoms with E-state index < -0.39 is 0 Å². The van der Waals surface area contributed by atoms with E-state index in [1.807, 2.05) is 13.0 Å². The molecule has 0 atom stereocenters. The molecule has 98 valence electrons. The minimum Gasteiger partial charge on any atom is -0.384 e. The highest BCUT2D eigenvalue weighted by atomic mass is 15.2. The van der Waals surface area contributed by atoms with Crippen LogP contribution >= 0.6 is 0 Å². The van der Waals surface area contributed by atoms with Crippen LogP contribution in [0.5, 0.6) is 0 Å². The first-order valence-corrected chi connectivity index (χ1v) is 6.70. The number of rotatable bonds is 5. The minimum atomic E-state index is 0.162. The van der Waals surface area contributed by atoms with Gasteiger partial charge in [-0.05, 0) is 51.7 Å². The first kappa shape index (κ1) is 12.9. The predicted octanol–water partition coefficient (Wildman–Crippen LogP) is 2.90. The highest BCUT2D eigenvalue weighted by molar-refractivity contribution is 6.00. The molecule has 0 saturated heterocycles. The van der Waals surface area contributed by atoms with E-state index in [1.165, 1.54) is 12.8 Å². The van der Waals surface area contributed by atoms with Crippen LogP contribution in [0.1, 0.15) is 37.8 Å². The molecule has 0 amide bonds. The van der Waals surface area contributed by atoms with Gasteiger partial charge in [-0.25, -0.2) is 0 Å². The summed E-state index contributed by atoms with van der Waals surface area (Å²) in [5.41, 5.74) is 8.85. The zero-order chi connectivity index (χ0) is 13.3. The highest BCUT2D eigenvalue weighted by Crippen LogP contribution is 2.33. The third-order valence-corrected chi connectivity index (χ3v) is 3.53. The van der Waals surface area contributed by atoms with Gasteiger partial charge in [-0.15, -0.1) is 0 Å². The molecule has 2 rings (SSSR count). The maximum absolute atomic E-state index is 7.76. The van der Waals surface area contributed by atoms with Crippen molar-refractivity contribution < 1.29 is 0 Å². The molecular formula is C15H23N3. The van der Waals surface area contributed by atoms with Crippen LogP contribution < -0.4 is 10.6 Å². The summed E-state index contributed by atoms with van der Waals surface area (Å²) in [4.78, 5) is 2.38. The van der Waals surface area contributed by atoms with Gasteiger partial charge in [-0.3, -0.25) is 5.41 Å². The average Bonchev–Trinajstić information content (AvgIpc) is 3.09. The van der Waals surface area contributed by atoms with Gasteiger partial charge in [0.1, 0.15) is 5.84 Å². The second kappa shape index (κ2) is 5.01. The fourth-order valence-corrected chi connectivity index (χ4v) is 2.28. The van der Waals surface area contributed by atoms with Gasteiger partial charge in [0.25, 0.3) is 0 Å². The summed E-state index contributed by atoms with van der Waals surface area (Å²) in [6.07, 6.45) is 2.68. The van der Waals surface area contributed by atoms with Crippen LogP contribution in [0.4, 0.5) is 5.69 Å². The second-order valence-corrected chi connectivity index (χ2v) is 5.62. The molecule has 0 aromatic heterocycles. The lowest BCUT2D eigenvalue weighted by Crippen LogP contribution is -2.34. The first-order valence-electron chi connectivity index (χ1n) is 6.70. The van der Waals surface area contributed by atoms with Gasteiger partial charge in [-0.1, -0.05) is 11.6 Å². The van der Waals surface area contributed by atoms with E-state index in [0.717, 1.165) is 29.3 Å². The van der Waals surface area contributed by atoms with E-state index in [-0.39, 0.29) is 5.84 Å². The summed E-state index contributed by atoms with van der Waals surface area (Å²) < 4.78 is 0. The average molecular weight is 245 g/mol. The lowest BCUT2D eigenvalue weighted by atomic mass is 10.1. The molecule has 1 saturated carbocycles. The molecule has 3 nitrogen and oxygen atoms in total. The molecule has 1 fully saturated rings. The topological polar surface area (TPSA) is 53.1 Å². The summed E-state index contributed by atoms with van der Waals surface area (Å²) in [6, 6.07) is 6.66. The van der Waals surface area contributed by atoms with Crippen molar-refractivity contribution in [2.75, 3.05) is 11.4 Å². The van der Waals surface area contributed by atoms with E-state index in [9.17, 15) is 0 Å². The molecule has 0 bridgehead atoms. The first-order chi connectivity index (χ1) is 8.49. The molecule has 0 radical (unpaired) electrons. The summed E-state index contributed by atoms with van der Waals surface area (Å²) in [5.74, 6) is 0.989. The molecule has 0 unspecified atom stereocenters. The summed E-state index contributed by atoms with van der Waals surface area (Å²) in [6.45, 7) is 7.52. The monoisotopic (exact) mass is 245 g/mol. The second-order valence-electron chi connectivity index (χ2n) is 5.62. The van der Waals surface area contributed by atoms with Crippen LogP contribution in [0.25, 0.3) is 0 Å². The van der Waals surface area contributed by atoms with Crippen molar-refractivity contribution >= 4 is 11.5 Å². The fourth-order valence-electron chi connectivity index (χ4n) is 2.28. The van der Waals surface area contributed by atoms with Gasteiger partial charge >= 0.3 is 0 Å². The van der Waals surface area contributed by atoms with Gasteiger partial charge in [0.2, 0.25) is 0 Å². The molecule has 3 heteroatoms. The Balaban J connectivity index is 2.35. The van der Waals surface area contributed by atoms with Gasteiger partial charge in [0, 0.05) is 23.8 Å². The lowest BCUT2D eigenvalue weighted by molar-refractivity contribution is 0.644. The van der Waals surface area contributed by atoms with E-state index >= 15 is 0 Å². The predicted molar refractivity (Wildman–Crippen MR) is 77.4 cm³/mol. The minimum absolute atomic E-state index is 0.162. The van der Waals surface area contributed by atoms with Crippen LogP contribution in [-0.2, 0) is 0 Å². The van der Waals surface area contributed by atoms with Crippen LogP contribution in [0.15, 0.2) is 18.2 Å². The smallest absolute Gasteiger partial charge is 0.124 e. The van der Waals surface area contributed by atoms with Crippen molar-refractivity contribution in [3.8, 4) is 0 Å². The largest absolute Gasteiger partial charge is 0.384 e. The summed E-state index contributed by atoms with van der Waals surface area (Å²) >= 11 is 0. The van der Waals surface area contributed by atoms with Gasteiger partial charge in [0.05, 0.1) is 0 Å². The summed E-state index contributed by atoms with van der Waals surface area (Å²) in [5, 5.41) is 7.76. The van der Waals surface area contributed by atoms with Gasteiger partial charge in [0.15, 0.2) is 0 Å². The quantitative estimate of drug-likeness (QED) is 0.619. The SMILES string of the molecule is Cc1ccc(N(CC2CC2)C(C)C)c(C(=N)N)c1. The molecule has 1 aromatic carbocycles. The van der Waals surface area contributed by atoms with Crippen LogP contribution in [0.3, 0.4) is 0 Å². The fraction of sp³-hybridized carbons (Fsp3) is 0.533. The van der Waals surface area contributed by atoms with Crippen LogP contribution in [0, 0.1) is 18.3 Å². The Morgan fingerprint density at radius 1 is 1.44 bits per heavy atom. The molecule has 18 heavy (non-hydrogen) atoms. The van der Waals surface area contributed by atoms with Crippen LogP contribution in [-0.4, -0.2) is 18.4 Å². The maximum atomic E-state index is 7.76. The number of nitrogen functional groups attached to an aromatic ring is 1. The van der Waals surface area contributed by atoms with E-state index in [1.54, 1.807) is 0 Å². The molecule has 0 spiro atoms. The van der Waals surface area contributed by atoms with Gasteiger partial charge in [-0.2, -0.15) is 0 Å². The van der Waals surface area contributed by atoms with Crippen molar-refractivity contribution in [2.24, 2.45) is 11.7 Å². The number of amidine groups is 1. The Labute approximate surface area is 109 Å². The molecule has 3 N–H and O–H groups in total. The van der Waals surface area contributed by atoms with Crippen molar-refractivity contribution in [3.63, 3.8) is 0 Å². The highest BCUT2D eigenvalue weighted by Gasteiger charge is 2.27.